The largest absolute Gasteiger partial charge is 0.306 e. The molecule has 0 aliphatic carbocycles. The highest BCUT2D eigenvalue weighted by Crippen LogP contribution is 2.23. The Morgan fingerprint density at radius 1 is 1.24 bits per heavy atom. The lowest BCUT2D eigenvalue weighted by Crippen LogP contribution is -2.20. The second kappa shape index (κ2) is 6.67. The van der Waals surface area contributed by atoms with Gasteiger partial charge in [-0.1, -0.05) is 15.9 Å². The zero-order valence-electron chi connectivity index (χ0n) is 12.8. The van der Waals surface area contributed by atoms with Crippen molar-refractivity contribution in [1.82, 2.24) is 10.3 Å². The van der Waals surface area contributed by atoms with Gasteiger partial charge in [0.1, 0.15) is 5.82 Å². The van der Waals surface area contributed by atoms with Crippen LogP contribution >= 0.6 is 15.9 Å². The number of halogens is 2. The molecule has 1 aromatic heterocycles. The highest BCUT2D eigenvalue weighted by atomic mass is 79.9. The maximum Gasteiger partial charge on any atom is 0.123 e. The number of hydrogen-bond donors (Lipinski definition) is 1. The number of hydrogen-bond acceptors (Lipinski definition) is 2. The molecule has 112 valence electrons. The Kier molecular flexibility index (Phi) is 5.12. The standard InChI is InChI=1S/C17H20BrFN2/c1-10-7-11(2)21-13(4)17(10)12(3)20-9-14-8-15(19)5-6-16(14)18/h5-8,12,20H,9H2,1-4H3. The summed E-state index contributed by atoms with van der Waals surface area (Å²) in [5.41, 5.74) is 5.45. The van der Waals surface area contributed by atoms with Crippen LogP contribution in [0.5, 0.6) is 0 Å². The lowest BCUT2D eigenvalue weighted by molar-refractivity contribution is 0.561. The molecular weight excluding hydrogens is 331 g/mol. The van der Waals surface area contributed by atoms with Crippen LogP contribution in [-0.2, 0) is 6.54 Å². The Hall–Kier alpha value is -1.26. The van der Waals surface area contributed by atoms with Gasteiger partial charge in [-0.3, -0.25) is 4.98 Å². The van der Waals surface area contributed by atoms with Crippen LogP contribution in [0.1, 0.15) is 41.0 Å². The van der Waals surface area contributed by atoms with E-state index in [2.05, 4.69) is 46.1 Å². The van der Waals surface area contributed by atoms with Gasteiger partial charge in [-0.15, -0.1) is 0 Å². The molecule has 1 heterocycles. The molecule has 1 N–H and O–H groups in total. The van der Waals surface area contributed by atoms with Crippen molar-refractivity contribution >= 4 is 15.9 Å². The zero-order valence-corrected chi connectivity index (χ0v) is 14.4. The van der Waals surface area contributed by atoms with Gasteiger partial charge in [0.2, 0.25) is 0 Å². The Bertz CT molecular complexity index is 632. The van der Waals surface area contributed by atoms with Gasteiger partial charge >= 0.3 is 0 Å². The summed E-state index contributed by atoms with van der Waals surface area (Å²) in [7, 11) is 0. The lowest BCUT2D eigenvalue weighted by atomic mass is 10.00. The molecule has 1 unspecified atom stereocenters. The number of aryl methyl sites for hydroxylation is 3. The van der Waals surface area contributed by atoms with E-state index in [1.165, 1.54) is 17.2 Å². The summed E-state index contributed by atoms with van der Waals surface area (Å²) >= 11 is 3.46. The fourth-order valence-corrected chi connectivity index (χ4v) is 3.12. The molecule has 0 fully saturated rings. The van der Waals surface area contributed by atoms with Crippen molar-refractivity contribution in [2.24, 2.45) is 0 Å². The molecule has 0 saturated heterocycles. The molecule has 1 aromatic carbocycles. The molecule has 0 radical (unpaired) electrons. The first-order valence-corrected chi connectivity index (χ1v) is 7.80. The van der Waals surface area contributed by atoms with Crippen LogP contribution in [0, 0.1) is 26.6 Å². The van der Waals surface area contributed by atoms with E-state index in [1.54, 1.807) is 12.1 Å². The SMILES string of the molecule is Cc1cc(C)c(C(C)NCc2cc(F)ccc2Br)c(C)n1. The van der Waals surface area contributed by atoms with Gasteiger partial charge in [-0.25, -0.2) is 4.39 Å². The molecule has 4 heteroatoms. The van der Waals surface area contributed by atoms with Gasteiger partial charge in [0, 0.05) is 28.4 Å². The molecule has 0 aliphatic rings. The summed E-state index contributed by atoms with van der Waals surface area (Å²) in [5, 5.41) is 3.45. The highest BCUT2D eigenvalue weighted by Gasteiger charge is 2.13. The van der Waals surface area contributed by atoms with Crippen molar-refractivity contribution < 1.29 is 4.39 Å². The quantitative estimate of drug-likeness (QED) is 0.859. The van der Waals surface area contributed by atoms with Crippen LogP contribution in [0.25, 0.3) is 0 Å². The van der Waals surface area contributed by atoms with Crippen LogP contribution in [0.15, 0.2) is 28.7 Å². The smallest absolute Gasteiger partial charge is 0.123 e. The summed E-state index contributed by atoms with van der Waals surface area (Å²) in [6, 6.07) is 7.00. The topological polar surface area (TPSA) is 24.9 Å². The average molecular weight is 351 g/mol. The first kappa shape index (κ1) is 16.1. The Morgan fingerprint density at radius 3 is 2.62 bits per heavy atom. The van der Waals surface area contributed by atoms with Gasteiger partial charge in [0.05, 0.1) is 0 Å². The monoisotopic (exact) mass is 350 g/mol. The number of benzene rings is 1. The number of pyridine rings is 1. The second-order valence-corrected chi connectivity index (χ2v) is 6.27. The zero-order chi connectivity index (χ0) is 15.6. The van der Waals surface area contributed by atoms with E-state index in [0.717, 1.165) is 21.4 Å². The predicted octanol–water partition coefficient (Wildman–Crippen LogP) is 4.76. The Labute approximate surface area is 133 Å². The summed E-state index contributed by atoms with van der Waals surface area (Å²) in [6.07, 6.45) is 0. The van der Waals surface area contributed by atoms with E-state index >= 15 is 0 Å². The fourth-order valence-electron chi connectivity index (χ4n) is 2.73. The first-order chi connectivity index (χ1) is 9.88. The van der Waals surface area contributed by atoms with Gasteiger partial charge in [-0.05, 0) is 68.7 Å². The van der Waals surface area contributed by atoms with Gasteiger partial charge in [0.15, 0.2) is 0 Å². The maximum absolute atomic E-state index is 13.3. The van der Waals surface area contributed by atoms with E-state index in [4.69, 9.17) is 0 Å². The molecule has 0 spiro atoms. The minimum Gasteiger partial charge on any atom is -0.306 e. The van der Waals surface area contributed by atoms with Crippen molar-refractivity contribution in [1.29, 1.82) is 0 Å². The van der Waals surface area contributed by atoms with Crippen molar-refractivity contribution in [3.05, 3.63) is 62.6 Å². The normalized spacial score (nSPS) is 12.5. The van der Waals surface area contributed by atoms with Crippen LogP contribution in [0.4, 0.5) is 4.39 Å². The van der Waals surface area contributed by atoms with E-state index < -0.39 is 0 Å². The lowest BCUT2D eigenvalue weighted by Gasteiger charge is -2.19. The van der Waals surface area contributed by atoms with Crippen LogP contribution in [0.2, 0.25) is 0 Å². The van der Waals surface area contributed by atoms with Crippen molar-refractivity contribution in [2.45, 2.75) is 40.3 Å². The number of nitrogens with zero attached hydrogens (tertiary/aromatic N) is 1. The van der Waals surface area contributed by atoms with Crippen molar-refractivity contribution in [3.8, 4) is 0 Å². The highest BCUT2D eigenvalue weighted by molar-refractivity contribution is 9.10. The number of rotatable bonds is 4. The number of aromatic nitrogens is 1. The molecular formula is C17H20BrFN2. The van der Waals surface area contributed by atoms with Gasteiger partial charge < -0.3 is 5.32 Å². The molecule has 0 amide bonds. The van der Waals surface area contributed by atoms with Crippen LogP contribution in [-0.4, -0.2) is 4.98 Å². The third-order valence-electron chi connectivity index (χ3n) is 3.62. The Morgan fingerprint density at radius 2 is 1.95 bits per heavy atom. The summed E-state index contributed by atoms with van der Waals surface area (Å²) in [4.78, 5) is 4.53. The fraction of sp³-hybridized carbons (Fsp3) is 0.353. The molecule has 21 heavy (non-hydrogen) atoms. The second-order valence-electron chi connectivity index (χ2n) is 5.42. The Balaban J connectivity index is 2.15. The molecule has 2 rings (SSSR count). The molecule has 0 aliphatic heterocycles. The molecule has 2 aromatic rings. The first-order valence-electron chi connectivity index (χ1n) is 7.00. The van der Waals surface area contributed by atoms with Gasteiger partial charge in [-0.2, -0.15) is 0 Å². The van der Waals surface area contributed by atoms with Gasteiger partial charge in [0.25, 0.3) is 0 Å². The third kappa shape index (κ3) is 3.89. The number of nitrogens with one attached hydrogen (secondary N) is 1. The molecule has 1 atom stereocenters. The van der Waals surface area contributed by atoms with Crippen LogP contribution in [0.3, 0.4) is 0 Å². The minimum atomic E-state index is -0.216. The van der Waals surface area contributed by atoms with E-state index in [9.17, 15) is 4.39 Å². The van der Waals surface area contributed by atoms with E-state index in [1.807, 2.05) is 13.8 Å². The molecule has 0 bridgehead atoms. The summed E-state index contributed by atoms with van der Waals surface area (Å²) in [6.45, 7) is 8.86. The van der Waals surface area contributed by atoms with Crippen LogP contribution < -0.4 is 5.32 Å². The minimum absolute atomic E-state index is 0.160. The maximum atomic E-state index is 13.3. The summed E-state index contributed by atoms with van der Waals surface area (Å²) in [5.74, 6) is -0.216. The molecule has 0 saturated carbocycles. The van der Waals surface area contributed by atoms with Crippen molar-refractivity contribution in [3.63, 3.8) is 0 Å². The van der Waals surface area contributed by atoms with E-state index in [-0.39, 0.29) is 11.9 Å². The summed E-state index contributed by atoms with van der Waals surface area (Å²) < 4.78 is 14.2. The average Bonchev–Trinajstić information content (AvgIpc) is 2.38. The molecule has 2 nitrogen and oxygen atoms in total. The van der Waals surface area contributed by atoms with Crippen molar-refractivity contribution in [2.75, 3.05) is 0 Å². The van der Waals surface area contributed by atoms with E-state index in [0.29, 0.717) is 6.54 Å². The predicted molar refractivity (Wildman–Crippen MR) is 87.8 cm³/mol. The third-order valence-corrected chi connectivity index (χ3v) is 4.40.